The number of ether oxygens (including phenoxy) is 3. The van der Waals surface area contributed by atoms with E-state index < -0.39 is 6.10 Å². The Hall–Kier alpha value is -4.45. The van der Waals surface area contributed by atoms with Crippen molar-refractivity contribution in [3.8, 4) is 0 Å². The molecule has 0 fully saturated rings. The van der Waals surface area contributed by atoms with E-state index in [4.69, 9.17) is 14.2 Å². The van der Waals surface area contributed by atoms with Crippen LogP contribution < -0.4 is 0 Å². The fourth-order valence-electron chi connectivity index (χ4n) is 6.66. The fraction of sp³-hybridized carbons (Fsp3) is 0.590. The highest BCUT2D eigenvalue weighted by atomic mass is 16.6. The van der Waals surface area contributed by atoms with E-state index in [2.05, 4.69) is 154 Å². The van der Waals surface area contributed by atoms with Crippen molar-refractivity contribution in [1.29, 1.82) is 0 Å². The lowest BCUT2D eigenvalue weighted by molar-refractivity contribution is -0.167. The molecular formula is C61H96O6. The Morgan fingerprint density at radius 1 is 0.328 bits per heavy atom. The van der Waals surface area contributed by atoms with Gasteiger partial charge in [-0.1, -0.05) is 212 Å². The normalized spacial score (nSPS) is 13.2. The van der Waals surface area contributed by atoms with Gasteiger partial charge in [0.2, 0.25) is 0 Å². The first-order chi connectivity index (χ1) is 33.0. The summed E-state index contributed by atoms with van der Waals surface area (Å²) in [7, 11) is 0. The van der Waals surface area contributed by atoms with Crippen LogP contribution in [-0.4, -0.2) is 37.2 Å². The highest BCUT2D eigenvalue weighted by Crippen LogP contribution is 2.12. The highest BCUT2D eigenvalue weighted by Gasteiger charge is 2.19. The molecule has 0 bridgehead atoms. The lowest BCUT2D eigenvalue weighted by atomic mass is 10.1. The van der Waals surface area contributed by atoms with Crippen LogP contribution in [0.25, 0.3) is 0 Å². The summed E-state index contributed by atoms with van der Waals surface area (Å²) in [5.74, 6) is -1.06. The van der Waals surface area contributed by atoms with Gasteiger partial charge < -0.3 is 14.2 Å². The van der Waals surface area contributed by atoms with Crippen LogP contribution in [0.1, 0.15) is 213 Å². The standard InChI is InChI=1S/C61H96O6/c1-4-7-10-13-16-19-22-25-28-30-33-36-39-42-45-48-51-54-60(63)66-57-58(56-65-59(62)53-50-47-44-41-38-35-32-27-24-21-18-15-12-9-6-3)67-61(64)55-52-49-46-43-40-37-34-31-29-26-23-20-17-14-11-8-5-2/h9,12,15-21,24-26,28-29,33-34,36-37,42-43,45-46,58H,4-8,10-11,13-14,22-23,27,30-32,35,38-41,44,47-57H2,1-3H3/b12-9-,18-15-,19-16-,20-17-,24-21-,28-25-,29-26-,36-33-,37-34-,45-42-,46-43-. The Bertz CT molecular complexity index is 1480. The molecule has 376 valence electrons. The Morgan fingerprint density at radius 3 is 1.09 bits per heavy atom. The van der Waals surface area contributed by atoms with Crippen molar-refractivity contribution >= 4 is 17.9 Å². The van der Waals surface area contributed by atoms with Gasteiger partial charge in [-0.05, 0) is 116 Å². The molecule has 0 saturated carbocycles. The van der Waals surface area contributed by atoms with Gasteiger partial charge in [-0.25, -0.2) is 0 Å². The molecular weight excluding hydrogens is 829 g/mol. The third-order valence-electron chi connectivity index (χ3n) is 10.7. The van der Waals surface area contributed by atoms with Crippen LogP contribution in [0.5, 0.6) is 0 Å². The number of esters is 3. The summed E-state index contributed by atoms with van der Waals surface area (Å²) in [6.45, 7) is 6.33. The second-order valence-electron chi connectivity index (χ2n) is 17.1. The van der Waals surface area contributed by atoms with E-state index in [0.717, 1.165) is 89.9 Å². The first kappa shape index (κ1) is 62.5. The Morgan fingerprint density at radius 2 is 0.657 bits per heavy atom. The van der Waals surface area contributed by atoms with Gasteiger partial charge in [0, 0.05) is 19.3 Å². The second-order valence-corrected chi connectivity index (χ2v) is 17.1. The predicted molar refractivity (Wildman–Crippen MR) is 288 cm³/mol. The average molecular weight is 925 g/mol. The monoisotopic (exact) mass is 925 g/mol. The quantitative estimate of drug-likeness (QED) is 0.0199. The zero-order valence-electron chi connectivity index (χ0n) is 42.9. The van der Waals surface area contributed by atoms with Crippen molar-refractivity contribution in [3.05, 3.63) is 134 Å². The number of allylic oxidation sites excluding steroid dienone is 22. The molecule has 0 aliphatic rings. The van der Waals surface area contributed by atoms with Crippen molar-refractivity contribution < 1.29 is 28.6 Å². The maximum Gasteiger partial charge on any atom is 0.306 e. The van der Waals surface area contributed by atoms with E-state index in [1.165, 1.54) is 70.6 Å². The maximum atomic E-state index is 12.8. The van der Waals surface area contributed by atoms with Gasteiger partial charge in [-0.2, -0.15) is 0 Å². The van der Waals surface area contributed by atoms with E-state index >= 15 is 0 Å². The number of hydrogen-bond acceptors (Lipinski definition) is 6. The van der Waals surface area contributed by atoms with E-state index in [1.54, 1.807) is 0 Å². The minimum absolute atomic E-state index is 0.128. The summed E-state index contributed by atoms with van der Waals surface area (Å²) in [6.07, 6.45) is 75.8. The molecule has 0 aromatic rings. The molecule has 0 heterocycles. The van der Waals surface area contributed by atoms with Gasteiger partial charge in [0.1, 0.15) is 13.2 Å². The molecule has 0 aromatic carbocycles. The molecule has 0 rings (SSSR count). The third-order valence-corrected chi connectivity index (χ3v) is 10.7. The van der Waals surface area contributed by atoms with Crippen LogP contribution in [0.15, 0.2) is 134 Å². The molecule has 0 aliphatic heterocycles. The molecule has 0 spiro atoms. The second kappa shape index (κ2) is 54.2. The number of carbonyl (C=O) groups excluding carboxylic acids is 3. The lowest BCUT2D eigenvalue weighted by Crippen LogP contribution is -2.30. The molecule has 0 saturated heterocycles. The first-order valence-electron chi connectivity index (χ1n) is 26.7. The van der Waals surface area contributed by atoms with E-state index in [-0.39, 0.29) is 44.0 Å². The number of hydrogen-bond donors (Lipinski definition) is 0. The molecule has 0 aliphatic carbocycles. The number of rotatable bonds is 46. The highest BCUT2D eigenvalue weighted by molar-refractivity contribution is 5.71. The van der Waals surface area contributed by atoms with Gasteiger partial charge in [0.15, 0.2) is 6.10 Å². The summed E-state index contributed by atoms with van der Waals surface area (Å²) in [6, 6.07) is 0. The van der Waals surface area contributed by atoms with Gasteiger partial charge >= 0.3 is 17.9 Å². The number of unbranched alkanes of at least 4 members (excludes halogenated alkanes) is 15. The van der Waals surface area contributed by atoms with E-state index in [1.807, 2.05) is 0 Å². The van der Waals surface area contributed by atoms with Gasteiger partial charge in [-0.3, -0.25) is 14.4 Å². The minimum Gasteiger partial charge on any atom is -0.462 e. The largest absolute Gasteiger partial charge is 0.462 e. The Kier molecular flexibility index (Phi) is 50.6. The summed E-state index contributed by atoms with van der Waals surface area (Å²) in [5, 5.41) is 0. The average Bonchev–Trinajstić information content (AvgIpc) is 3.33. The Labute approximate surface area is 411 Å². The molecule has 6 heteroatoms. The zero-order chi connectivity index (χ0) is 48.6. The SMILES string of the molecule is CC\C=C/C=C\C=C/CCCCCCCCCC(=O)OCC(COC(=O)CCC/C=C\C/C=C\C/C=C\C/C=C\CCCCC)OC(=O)CCC/C=C\C/C=C\C/C=C\C/C=C\CCCCC. The van der Waals surface area contributed by atoms with Gasteiger partial charge in [0.05, 0.1) is 0 Å². The Balaban J connectivity index is 4.61. The topological polar surface area (TPSA) is 78.9 Å². The fourth-order valence-corrected chi connectivity index (χ4v) is 6.66. The summed E-state index contributed by atoms with van der Waals surface area (Å²) < 4.78 is 16.7. The molecule has 1 unspecified atom stereocenters. The van der Waals surface area contributed by atoms with Gasteiger partial charge in [0.25, 0.3) is 0 Å². The zero-order valence-corrected chi connectivity index (χ0v) is 42.9. The third kappa shape index (κ3) is 52.4. The molecule has 1 atom stereocenters. The van der Waals surface area contributed by atoms with Crippen molar-refractivity contribution in [1.82, 2.24) is 0 Å². The molecule has 0 radical (unpaired) electrons. The van der Waals surface area contributed by atoms with Crippen molar-refractivity contribution in [3.63, 3.8) is 0 Å². The van der Waals surface area contributed by atoms with Crippen LogP contribution in [-0.2, 0) is 28.6 Å². The first-order valence-corrected chi connectivity index (χ1v) is 26.7. The van der Waals surface area contributed by atoms with Crippen LogP contribution in [0.4, 0.5) is 0 Å². The lowest BCUT2D eigenvalue weighted by Gasteiger charge is -2.18. The molecule has 0 amide bonds. The van der Waals surface area contributed by atoms with E-state index in [9.17, 15) is 14.4 Å². The van der Waals surface area contributed by atoms with Crippen LogP contribution in [0.3, 0.4) is 0 Å². The molecule has 67 heavy (non-hydrogen) atoms. The van der Waals surface area contributed by atoms with Crippen molar-refractivity contribution in [2.75, 3.05) is 13.2 Å². The predicted octanol–water partition coefficient (Wildman–Crippen LogP) is 17.9. The summed E-state index contributed by atoms with van der Waals surface area (Å²) in [5.41, 5.74) is 0. The van der Waals surface area contributed by atoms with E-state index in [0.29, 0.717) is 19.3 Å². The molecule has 0 N–H and O–H groups in total. The van der Waals surface area contributed by atoms with Crippen LogP contribution >= 0.6 is 0 Å². The van der Waals surface area contributed by atoms with Crippen LogP contribution in [0, 0.1) is 0 Å². The minimum atomic E-state index is -0.839. The summed E-state index contributed by atoms with van der Waals surface area (Å²) in [4.78, 5) is 38.0. The van der Waals surface area contributed by atoms with Gasteiger partial charge in [-0.15, -0.1) is 0 Å². The molecule has 0 aromatic heterocycles. The number of carbonyl (C=O) groups is 3. The van der Waals surface area contributed by atoms with Crippen LogP contribution in [0.2, 0.25) is 0 Å². The van der Waals surface area contributed by atoms with Crippen molar-refractivity contribution in [2.45, 2.75) is 219 Å². The smallest absolute Gasteiger partial charge is 0.306 e. The maximum absolute atomic E-state index is 12.8. The molecule has 6 nitrogen and oxygen atoms in total. The van der Waals surface area contributed by atoms with Crippen molar-refractivity contribution in [2.24, 2.45) is 0 Å². The summed E-state index contributed by atoms with van der Waals surface area (Å²) >= 11 is 0.